The lowest BCUT2D eigenvalue weighted by molar-refractivity contribution is -0.159. The number of nitrogens with zero attached hydrogens (tertiary/aromatic N) is 2. The first-order valence-corrected chi connectivity index (χ1v) is 13.1. The molecule has 1 heterocycles. The molecule has 1 saturated carbocycles. The number of hydrogen-bond donors (Lipinski definition) is 0. The molecule has 0 N–H and O–H groups in total. The molecule has 1 aliphatic heterocycles. The Balaban J connectivity index is 1.72. The van der Waals surface area contributed by atoms with Gasteiger partial charge in [-0.25, -0.2) is 0 Å². The highest BCUT2D eigenvalue weighted by Crippen LogP contribution is 2.37. The fourth-order valence-electron chi connectivity index (χ4n) is 5.33. The van der Waals surface area contributed by atoms with E-state index >= 15 is 0 Å². The summed E-state index contributed by atoms with van der Waals surface area (Å²) >= 11 is 0. The van der Waals surface area contributed by atoms with Crippen LogP contribution in [0, 0.1) is 0 Å². The minimum Gasteiger partial charge on any atom is -0.496 e. The quantitative estimate of drug-likeness (QED) is 0.452. The Hall–Kier alpha value is -3.22. The zero-order valence-electron chi connectivity index (χ0n) is 21.7. The van der Waals surface area contributed by atoms with Crippen molar-refractivity contribution in [2.75, 3.05) is 27.4 Å². The number of methoxy groups -OCH3 is 2. The van der Waals surface area contributed by atoms with E-state index in [0.29, 0.717) is 23.9 Å². The van der Waals surface area contributed by atoms with Gasteiger partial charge in [-0.2, -0.15) is 0 Å². The van der Waals surface area contributed by atoms with Gasteiger partial charge in [-0.15, -0.1) is 0 Å². The minimum atomic E-state index is -0.742. The predicted molar refractivity (Wildman–Crippen MR) is 138 cm³/mol. The molecule has 2 fully saturated rings. The maximum absolute atomic E-state index is 14.1. The van der Waals surface area contributed by atoms with Crippen molar-refractivity contribution in [3.8, 4) is 17.2 Å². The predicted octanol–water partition coefficient (Wildman–Crippen LogP) is 5.13. The zero-order valence-corrected chi connectivity index (χ0v) is 21.7. The van der Waals surface area contributed by atoms with E-state index in [9.17, 15) is 9.59 Å². The highest BCUT2D eigenvalue weighted by molar-refractivity contribution is 5.96. The average Bonchev–Trinajstić information content (AvgIpc) is 3.19. The smallest absolute Gasteiger partial charge is 0.250 e. The summed E-state index contributed by atoms with van der Waals surface area (Å²) in [6.45, 7) is 3.02. The molecule has 7 heteroatoms. The fraction of sp³-hybridized carbons (Fsp3) is 0.517. The van der Waals surface area contributed by atoms with Crippen LogP contribution in [0.1, 0.15) is 69.0 Å². The van der Waals surface area contributed by atoms with E-state index in [1.54, 1.807) is 19.1 Å². The van der Waals surface area contributed by atoms with Crippen LogP contribution in [0.3, 0.4) is 0 Å². The number of piperazine rings is 1. The summed E-state index contributed by atoms with van der Waals surface area (Å²) in [5.74, 6) is 1.81. The van der Waals surface area contributed by atoms with E-state index < -0.39 is 6.04 Å². The molecule has 1 unspecified atom stereocenters. The molecule has 1 aliphatic carbocycles. The Bertz CT molecular complexity index is 1050. The lowest BCUT2D eigenvalue weighted by Gasteiger charge is -2.43. The van der Waals surface area contributed by atoms with E-state index in [1.807, 2.05) is 54.3 Å². The summed E-state index contributed by atoms with van der Waals surface area (Å²) in [6.07, 6.45) is 7.34. The molecule has 2 aromatic rings. The summed E-state index contributed by atoms with van der Waals surface area (Å²) in [7, 11) is 3.21. The van der Waals surface area contributed by atoms with Gasteiger partial charge in [0, 0.05) is 11.6 Å². The first-order chi connectivity index (χ1) is 17.6. The maximum Gasteiger partial charge on any atom is 0.250 e. The second-order valence-corrected chi connectivity index (χ2v) is 9.61. The summed E-state index contributed by atoms with van der Waals surface area (Å²) < 4.78 is 17.0. The number of carbonyl (C=O) groups is 2. The normalized spacial score (nSPS) is 19.2. The third kappa shape index (κ3) is 5.61. The first-order valence-electron chi connectivity index (χ1n) is 13.1. The number of hydrogen-bond acceptors (Lipinski definition) is 5. The molecule has 1 saturated heterocycles. The van der Waals surface area contributed by atoms with Gasteiger partial charge in [0.25, 0.3) is 5.91 Å². The Labute approximate surface area is 214 Å². The molecule has 36 heavy (non-hydrogen) atoms. The van der Waals surface area contributed by atoms with E-state index in [2.05, 4.69) is 0 Å². The Morgan fingerprint density at radius 1 is 0.889 bits per heavy atom. The monoisotopic (exact) mass is 494 g/mol. The summed E-state index contributed by atoms with van der Waals surface area (Å²) in [4.78, 5) is 31.3. The maximum atomic E-state index is 14.1. The highest BCUT2D eigenvalue weighted by Gasteiger charge is 2.43. The van der Waals surface area contributed by atoms with Crippen molar-refractivity contribution in [3.05, 3.63) is 53.6 Å². The first kappa shape index (κ1) is 25.9. The molecule has 194 valence electrons. The van der Waals surface area contributed by atoms with Crippen molar-refractivity contribution in [1.82, 2.24) is 9.80 Å². The third-order valence-electron chi connectivity index (χ3n) is 7.22. The number of rotatable bonds is 9. The molecule has 0 spiro atoms. The fourth-order valence-corrected chi connectivity index (χ4v) is 5.33. The van der Waals surface area contributed by atoms with Crippen LogP contribution in [0.25, 0.3) is 0 Å². The van der Waals surface area contributed by atoms with Crippen LogP contribution >= 0.6 is 0 Å². The van der Waals surface area contributed by atoms with Gasteiger partial charge >= 0.3 is 0 Å². The standard InChI is InChI=1S/C29H38N2O5/c1-4-17-36-25-16-15-21(18-26(25)35-3)28-29(33)30(23-12-7-5-6-8-13-23)20-27(32)31(28)19-22-11-9-10-14-24(22)34-2/h9-11,14-16,18,23,28H,4-8,12-13,17,19-20H2,1-3H3. The number of carbonyl (C=O) groups excluding carboxylic acids is 2. The second-order valence-electron chi connectivity index (χ2n) is 9.61. The van der Waals surface area contributed by atoms with Crippen LogP contribution in [0.2, 0.25) is 0 Å². The second kappa shape index (κ2) is 12.2. The average molecular weight is 495 g/mol. The van der Waals surface area contributed by atoms with Crippen molar-refractivity contribution >= 4 is 11.8 Å². The highest BCUT2D eigenvalue weighted by atomic mass is 16.5. The van der Waals surface area contributed by atoms with Crippen LogP contribution < -0.4 is 14.2 Å². The molecule has 0 bridgehead atoms. The molecular weight excluding hydrogens is 456 g/mol. The van der Waals surface area contributed by atoms with Gasteiger partial charge < -0.3 is 24.0 Å². The summed E-state index contributed by atoms with van der Waals surface area (Å²) in [5, 5.41) is 0. The van der Waals surface area contributed by atoms with Gasteiger partial charge in [-0.3, -0.25) is 9.59 Å². The summed E-state index contributed by atoms with van der Waals surface area (Å²) in [6, 6.07) is 12.6. The lowest BCUT2D eigenvalue weighted by Crippen LogP contribution is -2.57. The van der Waals surface area contributed by atoms with Gasteiger partial charge in [0.15, 0.2) is 11.5 Å². The van der Waals surface area contributed by atoms with Crippen LogP contribution in [0.5, 0.6) is 17.2 Å². The number of amides is 2. The van der Waals surface area contributed by atoms with Crippen molar-refractivity contribution < 1.29 is 23.8 Å². The van der Waals surface area contributed by atoms with E-state index in [-0.39, 0.29) is 30.9 Å². The van der Waals surface area contributed by atoms with Crippen molar-refractivity contribution in [3.63, 3.8) is 0 Å². The van der Waals surface area contributed by atoms with Crippen molar-refractivity contribution in [2.24, 2.45) is 0 Å². The molecule has 0 radical (unpaired) electrons. The SMILES string of the molecule is CCCOc1ccc(C2C(=O)N(C3CCCCCC3)CC(=O)N2Cc2ccccc2OC)cc1OC. The van der Waals surface area contributed by atoms with Crippen LogP contribution in [0.15, 0.2) is 42.5 Å². The molecule has 7 nitrogen and oxygen atoms in total. The molecule has 1 atom stereocenters. The zero-order chi connectivity index (χ0) is 25.5. The van der Waals surface area contributed by atoms with Gasteiger partial charge in [0.2, 0.25) is 5.91 Å². The molecule has 2 aromatic carbocycles. The van der Waals surface area contributed by atoms with Crippen LogP contribution in [-0.4, -0.2) is 55.0 Å². The van der Waals surface area contributed by atoms with Crippen LogP contribution in [-0.2, 0) is 16.1 Å². The molecule has 0 aromatic heterocycles. The van der Waals surface area contributed by atoms with E-state index in [0.717, 1.165) is 43.2 Å². The van der Waals surface area contributed by atoms with Crippen LogP contribution in [0.4, 0.5) is 0 Å². The van der Waals surface area contributed by atoms with Gasteiger partial charge in [-0.05, 0) is 43.0 Å². The largest absolute Gasteiger partial charge is 0.496 e. The minimum absolute atomic E-state index is 0.0272. The number of ether oxygens (including phenoxy) is 3. The van der Waals surface area contributed by atoms with Crippen molar-refractivity contribution in [2.45, 2.75) is 70.5 Å². The van der Waals surface area contributed by atoms with Gasteiger partial charge in [-0.1, -0.05) is 56.9 Å². The number of para-hydroxylation sites is 1. The topological polar surface area (TPSA) is 68.3 Å². The van der Waals surface area contributed by atoms with Crippen molar-refractivity contribution in [1.29, 1.82) is 0 Å². The Morgan fingerprint density at radius 2 is 1.61 bits per heavy atom. The van der Waals surface area contributed by atoms with Gasteiger partial charge in [0.05, 0.1) is 27.4 Å². The molecule has 2 aliphatic rings. The summed E-state index contributed by atoms with van der Waals surface area (Å²) in [5.41, 5.74) is 1.59. The van der Waals surface area contributed by atoms with E-state index in [1.165, 1.54) is 12.8 Å². The van der Waals surface area contributed by atoms with Gasteiger partial charge in [0.1, 0.15) is 18.3 Å². The molecular formula is C29H38N2O5. The third-order valence-corrected chi connectivity index (χ3v) is 7.22. The Morgan fingerprint density at radius 3 is 2.31 bits per heavy atom. The lowest BCUT2D eigenvalue weighted by atomic mass is 9.96. The molecule has 2 amide bonds. The number of benzene rings is 2. The Kier molecular flexibility index (Phi) is 8.73. The molecule has 4 rings (SSSR count). The van der Waals surface area contributed by atoms with E-state index in [4.69, 9.17) is 14.2 Å².